The summed E-state index contributed by atoms with van der Waals surface area (Å²) in [5.74, 6) is 0.103. The summed E-state index contributed by atoms with van der Waals surface area (Å²) in [6, 6.07) is 0. The highest BCUT2D eigenvalue weighted by molar-refractivity contribution is 5.84. The van der Waals surface area contributed by atoms with Crippen molar-refractivity contribution in [3.05, 3.63) is 0 Å². The summed E-state index contributed by atoms with van der Waals surface area (Å²) in [5.41, 5.74) is -0.380. The van der Waals surface area contributed by atoms with Gasteiger partial charge in [-0.1, -0.05) is 20.8 Å². The number of rotatable bonds is 4. The fourth-order valence-electron chi connectivity index (χ4n) is 1.02. The first-order valence-electron chi connectivity index (χ1n) is 5.49. The molecule has 0 spiro atoms. The van der Waals surface area contributed by atoms with E-state index in [0.29, 0.717) is 6.54 Å². The third kappa shape index (κ3) is 7.51. The van der Waals surface area contributed by atoms with Crippen LogP contribution in [0, 0.1) is 5.41 Å². The van der Waals surface area contributed by atoms with E-state index in [1.807, 2.05) is 41.5 Å². The largest absolute Gasteiger partial charge is 0.391 e. The van der Waals surface area contributed by atoms with Crippen LogP contribution in [-0.2, 0) is 4.79 Å². The third-order valence-electron chi connectivity index (χ3n) is 2.13. The minimum atomic E-state index is -0.587. The number of carbonyl (C=O) groups is 1. The summed E-state index contributed by atoms with van der Waals surface area (Å²) < 4.78 is 0. The number of carbonyl (C=O) groups excluding carboxylic acids is 1. The number of hydrogen-bond acceptors (Lipinski definition) is 3. The third-order valence-corrected chi connectivity index (χ3v) is 2.13. The molecule has 15 heavy (non-hydrogen) atoms. The highest BCUT2D eigenvalue weighted by Gasteiger charge is 2.24. The molecule has 0 aliphatic carbocycles. The molecule has 0 radical (unpaired) electrons. The smallest absolute Gasteiger partial charge is 0.140 e. The van der Waals surface area contributed by atoms with Gasteiger partial charge in [-0.15, -0.1) is 0 Å². The molecule has 0 aromatic rings. The maximum Gasteiger partial charge on any atom is 0.140 e. The van der Waals surface area contributed by atoms with E-state index in [1.54, 1.807) is 0 Å². The lowest BCUT2D eigenvalue weighted by Gasteiger charge is -2.24. The highest BCUT2D eigenvalue weighted by Crippen LogP contribution is 2.17. The zero-order chi connectivity index (χ0) is 12.3. The van der Waals surface area contributed by atoms with Crippen molar-refractivity contribution >= 4 is 5.78 Å². The van der Waals surface area contributed by atoms with Crippen LogP contribution in [0.25, 0.3) is 0 Å². The van der Waals surface area contributed by atoms with E-state index in [0.717, 1.165) is 0 Å². The molecule has 0 bridgehead atoms. The van der Waals surface area contributed by atoms with Crippen molar-refractivity contribution in [1.29, 1.82) is 0 Å². The van der Waals surface area contributed by atoms with Gasteiger partial charge < -0.3 is 10.4 Å². The van der Waals surface area contributed by atoms with Gasteiger partial charge >= 0.3 is 0 Å². The number of hydrogen-bond donors (Lipinski definition) is 2. The molecule has 2 N–H and O–H groups in total. The molecule has 3 nitrogen and oxygen atoms in total. The molecule has 0 saturated carbocycles. The molecule has 0 aromatic heterocycles. The predicted molar refractivity (Wildman–Crippen MR) is 62.8 cm³/mol. The first-order chi connectivity index (χ1) is 6.52. The summed E-state index contributed by atoms with van der Waals surface area (Å²) in [5, 5.41) is 12.8. The van der Waals surface area contributed by atoms with Crippen molar-refractivity contribution in [2.24, 2.45) is 5.41 Å². The zero-order valence-electron chi connectivity index (χ0n) is 10.8. The lowest BCUT2D eigenvalue weighted by atomic mass is 9.87. The number of ketones is 1. The maximum atomic E-state index is 11.6. The first kappa shape index (κ1) is 14.6. The molecule has 0 heterocycles. The Bertz CT molecular complexity index is 211. The summed E-state index contributed by atoms with van der Waals surface area (Å²) in [4.78, 5) is 11.6. The Morgan fingerprint density at radius 1 is 1.20 bits per heavy atom. The van der Waals surface area contributed by atoms with Crippen LogP contribution in [0.4, 0.5) is 0 Å². The van der Waals surface area contributed by atoms with Crippen LogP contribution in [0.5, 0.6) is 0 Å². The predicted octanol–water partition coefficient (Wildman–Crippen LogP) is 1.74. The Hall–Kier alpha value is -0.410. The lowest BCUT2D eigenvalue weighted by Crippen LogP contribution is -2.42. The van der Waals surface area contributed by atoms with E-state index >= 15 is 0 Å². The molecular formula is C12H25NO2. The van der Waals surface area contributed by atoms with Gasteiger partial charge in [-0.2, -0.15) is 0 Å². The fraction of sp³-hybridized carbons (Fsp3) is 0.917. The van der Waals surface area contributed by atoms with E-state index < -0.39 is 6.10 Å². The van der Waals surface area contributed by atoms with E-state index in [2.05, 4.69) is 5.32 Å². The second-order valence-corrected chi connectivity index (χ2v) is 6.16. The molecule has 0 aliphatic heterocycles. The zero-order valence-corrected chi connectivity index (χ0v) is 10.8. The van der Waals surface area contributed by atoms with Gasteiger partial charge in [0.2, 0.25) is 0 Å². The summed E-state index contributed by atoms with van der Waals surface area (Å²) in [6.07, 6.45) is -0.358. The molecule has 90 valence electrons. The van der Waals surface area contributed by atoms with Gasteiger partial charge in [-0.25, -0.2) is 0 Å². The number of β-amino-alcohol motifs (C(OH)–C–C–N with tert-alkyl or cyclic N) is 1. The Kier molecular flexibility index (Phi) is 4.94. The van der Waals surface area contributed by atoms with Crippen molar-refractivity contribution in [3.8, 4) is 0 Å². The topological polar surface area (TPSA) is 49.3 Å². The number of Topliss-reactive ketones (excluding diaryl/α,β-unsaturated/α-hetero) is 1. The molecule has 0 rings (SSSR count). The van der Waals surface area contributed by atoms with Gasteiger partial charge in [0.1, 0.15) is 5.78 Å². The van der Waals surface area contributed by atoms with Gasteiger partial charge in [0.05, 0.1) is 6.10 Å². The normalized spacial score (nSPS) is 15.1. The molecule has 1 atom stereocenters. The highest BCUT2D eigenvalue weighted by atomic mass is 16.3. The van der Waals surface area contributed by atoms with Crippen LogP contribution in [0.1, 0.15) is 48.0 Å². The molecule has 1 unspecified atom stereocenters. The molecule has 0 aromatic carbocycles. The average Bonchev–Trinajstić information content (AvgIpc) is 1.97. The number of aliphatic hydroxyl groups is 1. The fourth-order valence-corrected chi connectivity index (χ4v) is 1.02. The van der Waals surface area contributed by atoms with Crippen molar-refractivity contribution in [1.82, 2.24) is 5.32 Å². The molecule has 0 amide bonds. The minimum Gasteiger partial charge on any atom is -0.391 e. The van der Waals surface area contributed by atoms with Crippen molar-refractivity contribution < 1.29 is 9.90 Å². The monoisotopic (exact) mass is 215 g/mol. The van der Waals surface area contributed by atoms with Crippen LogP contribution in [0.2, 0.25) is 0 Å². The SMILES string of the molecule is CC(C)(C)NCC(O)CC(=O)C(C)(C)C. The first-order valence-corrected chi connectivity index (χ1v) is 5.49. The van der Waals surface area contributed by atoms with E-state index in [9.17, 15) is 9.90 Å². The number of aliphatic hydroxyl groups excluding tert-OH is 1. The Balaban J connectivity index is 3.95. The average molecular weight is 215 g/mol. The van der Waals surface area contributed by atoms with Crippen molar-refractivity contribution in [2.45, 2.75) is 59.6 Å². The van der Waals surface area contributed by atoms with Gasteiger partial charge in [-0.05, 0) is 20.8 Å². The van der Waals surface area contributed by atoms with Crippen LogP contribution >= 0.6 is 0 Å². The summed E-state index contributed by atoms with van der Waals surface area (Å²) in [6.45, 7) is 12.2. The van der Waals surface area contributed by atoms with Crippen LogP contribution in [0.3, 0.4) is 0 Å². The Morgan fingerprint density at radius 3 is 2.00 bits per heavy atom. The molecular weight excluding hydrogens is 190 g/mol. The van der Waals surface area contributed by atoms with E-state index in [-0.39, 0.29) is 23.2 Å². The van der Waals surface area contributed by atoms with E-state index in [4.69, 9.17) is 0 Å². The van der Waals surface area contributed by atoms with Gasteiger partial charge in [0.25, 0.3) is 0 Å². The van der Waals surface area contributed by atoms with Gasteiger partial charge in [-0.3, -0.25) is 4.79 Å². The molecule has 0 saturated heterocycles. The van der Waals surface area contributed by atoms with Crippen LogP contribution < -0.4 is 5.32 Å². The second kappa shape index (κ2) is 5.08. The minimum absolute atomic E-state index is 0.0221. The van der Waals surface area contributed by atoms with Crippen molar-refractivity contribution in [3.63, 3.8) is 0 Å². The summed E-state index contributed by atoms with van der Waals surface area (Å²) in [7, 11) is 0. The number of nitrogens with one attached hydrogen (secondary N) is 1. The van der Waals surface area contributed by atoms with Gasteiger partial charge in [0.15, 0.2) is 0 Å². The maximum absolute atomic E-state index is 11.6. The van der Waals surface area contributed by atoms with E-state index in [1.165, 1.54) is 0 Å². The summed E-state index contributed by atoms with van der Waals surface area (Å²) >= 11 is 0. The molecule has 0 fully saturated rings. The second-order valence-electron chi connectivity index (χ2n) is 6.16. The van der Waals surface area contributed by atoms with Crippen LogP contribution in [-0.4, -0.2) is 29.1 Å². The molecule has 0 aliphatic rings. The Morgan fingerprint density at radius 2 is 1.67 bits per heavy atom. The van der Waals surface area contributed by atoms with Crippen LogP contribution in [0.15, 0.2) is 0 Å². The molecule has 3 heteroatoms. The quantitative estimate of drug-likeness (QED) is 0.751. The standard InChI is InChI=1S/C12H25NO2/c1-11(2,3)10(15)7-9(14)8-13-12(4,5)6/h9,13-14H,7-8H2,1-6H3. The Labute approximate surface area is 93.3 Å². The van der Waals surface area contributed by atoms with Crippen molar-refractivity contribution in [2.75, 3.05) is 6.54 Å². The van der Waals surface area contributed by atoms with Gasteiger partial charge in [0, 0.05) is 23.9 Å². The lowest BCUT2D eigenvalue weighted by molar-refractivity contribution is -0.128.